The second-order valence-electron chi connectivity index (χ2n) is 11.9. The minimum absolute atomic E-state index is 0.479. The van der Waals surface area contributed by atoms with Crippen LogP contribution in [0, 0.1) is 29.6 Å². The molecule has 0 saturated heterocycles. The van der Waals surface area contributed by atoms with Gasteiger partial charge in [-0.15, -0.1) is 19.7 Å². The Labute approximate surface area is 233 Å². The zero-order chi connectivity index (χ0) is 26.9. The number of hydrogen-bond donors (Lipinski definition) is 0. The Morgan fingerprint density at radius 3 is 1.47 bits per heavy atom. The van der Waals surface area contributed by atoms with Crippen LogP contribution >= 0.6 is 0 Å². The lowest BCUT2D eigenvalue weighted by Gasteiger charge is -2.25. The molecule has 5 atom stereocenters. The van der Waals surface area contributed by atoms with Crippen LogP contribution in [-0.2, 0) is 25.7 Å². The highest BCUT2D eigenvalue weighted by atomic mass is 14.2. The number of allylic oxidation sites excluding steroid dienone is 5. The predicted molar refractivity (Wildman–Crippen MR) is 168 cm³/mol. The maximum Gasteiger partial charge on any atom is -0.0219 e. The number of hydrogen-bond acceptors (Lipinski definition) is 0. The fraction of sp³-hybridized carbons (Fsp3) is 0.421. The summed E-state index contributed by atoms with van der Waals surface area (Å²) in [6, 6.07) is 14.0. The van der Waals surface area contributed by atoms with Gasteiger partial charge in [0.05, 0.1) is 0 Å². The van der Waals surface area contributed by atoms with Crippen LogP contribution in [0.4, 0.5) is 0 Å². The summed E-state index contributed by atoms with van der Waals surface area (Å²) in [5, 5.41) is 0. The van der Waals surface area contributed by atoms with Crippen LogP contribution in [0.5, 0.6) is 0 Å². The molecule has 0 saturated carbocycles. The molecule has 0 N–H and O–H groups in total. The van der Waals surface area contributed by atoms with Gasteiger partial charge in [-0.05, 0) is 121 Å². The summed E-state index contributed by atoms with van der Waals surface area (Å²) in [5.74, 6) is 2.56. The van der Waals surface area contributed by atoms with Crippen molar-refractivity contribution in [2.45, 2.75) is 71.6 Å². The van der Waals surface area contributed by atoms with Crippen LogP contribution < -0.4 is 0 Å². The SMILES string of the molecule is C=CC(C)CC(/C=C/c1ccc2c(c1)CC2)CC(C=C)CC(/C=C/c1ccc2c(c1)CC2)CC(C=C)CC. The number of fused-ring (bicyclic) bond motifs is 2. The molecule has 0 heteroatoms. The van der Waals surface area contributed by atoms with Crippen molar-refractivity contribution in [3.63, 3.8) is 0 Å². The molecule has 4 rings (SSSR count). The second kappa shape index (κ2) is 13.8. The zero-order valence-electron chi connectivity index (χ0n) is 23.9. The van der Waals surface area contributed by atoms with Gasteiger partial charge in [-0.25, -0.2) is 0 Å². The van der Waals surface area contributed by atoms with Crippen LogP contribution in [0.15, 0.2) is 86.5 Å². The Bertz CT molecular complexity index is 1160. The molecule has 2 aliphatic rings. The van der Waals surface area contributed by atoms with E-state index in [1.54, 1.807) is 0 Å². The summed E-state index contributed by atoms with van der Waals surface area (Å²) in [7, 11) is 0. The van der Waals surface area contributed by atoms with Crippen LogP contribution in [0.25, 0.3) is 12.2 Å². The van der Waals surface area contributed by atoms with E-state index in [0.717, 1.165) is 32.1 Å². The van der Waals surface area contributed by atoms with Gasteiger partial charge in [0.1, 0.15) is 0 Å². The average molecular weight is 505 g/mol. The van der Waals surface area contributed by atoms with Crippen molar-refractivity contribution in [3.8, 4) is 0 Å². The highest BCUT2D eigenvalue weighted by molar-refractivity contribution is 5.55. The standard InChI is InChI=1S/C38H48/c1-6-28(5)22-33(12-10-31-14-16-35-18-20-37(35)26-31)24-30(9-4)25-34(23-29(7-2)8-3)13-11-32-15-17-36-19-21-38(36)27-32/h6-7,9-17,26-30,33-34H,1-2,4,8,18-25H2,3,5H3/b12-10+,13-11+. The molecule has 0 fully saturated rings. The van der Waals surface area contributed by atoms with E-state index >= 15 is 0 Å². The van der Waals surface area contributed by atoms with Gasteiger partial charge >= 0.3 is 0 Å². The monoisotopic (exact) mass is 504 g/mol. The predicted octanol–water partition coefficient (Wildman–Crippen LogP) is 10.2. The molecule has 2 aromatic carbocycles. The molecule has 0 heterocycles. The molecule has 38 heavy (non-hydrogen) atoms. The van der Waals surface area contributed by atoms with Gasteiger partial charge in [-0.2, -0.15) is 0 Å². The highest BCUT2D eigenvalue weighted by Crippen LogP contribution is 2.32. The molecule has 0 amide bonds. The molecule has 200 valence electrons. The number of rotatable bonds is 16. The van der Waals surface area contributed by atoms with Gasteiger partial charge in [-0.1, -0.05) is 92.8 Å². The van der Waals surface area contributed by atoms with E-state index < -0.39 is 0 Å². The Hall–Kier alpha value is -2.86. The van der Waals surface area contributed by atoms with E-state index in [2.05, 4.69) is 113 Å². The maximum absolute atomic E-state index is 4.29. The van der Waals surface area contributed by atoms with Crippen LogP contribution in [-0.4, -0.2) is 0 Å². The zero-order valence-corrected chi connectivity index (χ0v) is 23.9. The third-order valence-electron chi connectivity index (χ3n) is 8.99. The molecular weight excluding hydrogens is 456 g/mol. The minimum atomic E-state index is 0.479. The Morgan fingerprint density at radius 2 is 1.08 bits per heavy atom. The average Bonchev–Trinajstić information content (AvgIpc) is 2.90. The largest absolute Gasteiger partial charge is 0.103 e. The van der Waals surface area contributed by atoms with Crippen molar-refractivity contribution in [2.24, 2.45) is 29.6 Å². The van der Waals surface area contributed by atoms with Gasteiger partial charge in [0.2, 0.25) is 0 Å². The summed E-state index contributed by atoms with van der Waals surface area (Å²) >= 11 is 0. The highest BCUT2D eigenvalue weighted by Gasteiger charge is 2.20. The fourth-order valence-corrected chi connectivity index (χ4v) is 6.10. The summed E-state index contributed by atoms with van der Waals surface area (Å²) < 4.78 is 0. The van der Waals surface area contributed by atoms with Gasteiger partial charge in [0, 0.05) is 0 Å². The van der Waals surface area contributed by atoms with Crippen molar-refractivity contribution in [3.05, 3.63) is 120 Å². The summed E-state index contributed by atoms with van der Waals surface area (Å²) in [4.78, 5) is 0. The first-order valence-electron chi connectivity index (χ1n) is 15.0. The van der Waals surface area contributed by atoms with Crippen molar-refractivity contribution < 1.29 is 0 Å². The van der Waals surface area contributed by atoms with E-state index in [0.29, 0.717) is 29.6 Å². The first-order chi connectivity index (χ1) is 18.5. The molecule has 2 aliphatic carbocycles. The van der Waals surface area contributed by atoms with Crippen molar-refractivity contribution in [2.75, 3.05) is 0 Å². The third-order valence-corrected chi connectivity index (χ3v) is 8.99. The smallest absolute Gasteiger partial charge is 0.0219 e. The summed E-state index contributed by atoms with van der Waals surface area (Å²) in [5.41, 5.74) is 8.80. The Balaban J connectivity index is 1.47. The van der Waals surface area contributed by atoms with Gasteiger partial charge < -0.3 is 0 Å². The fourth-order valence-electron chi connectivity index (χ4n) is 6.10. The quantitative estimate of drug-likeness (QED) is 0.199. The normalized spacial score (nSPS) is 17.9. The van der Waals surface area contributed by atoms with E-state index in [9.17, 15) is 0 Å². The first kappa shape index (κ1) is 28.2. The second-order valence-corrected chi connectivity index (χ2v) is 11.9. The molecule has 0 nitrogen and oxygen atoms in total. The lowest BCUT2D eigenvalue weighted by molar-refractivity contribution is 0.354. The van der Waals surface area contributed by atoms with Crippen molar-refractivity contribution in [1.29, 1.82) is 0 Å². The van der Waals surface area contributed by atoms with E-state index in [-0.39, 0.29) is 0 Å². The van der Waals surface area contributed by atoms with Gasteiger partial charge in [0.25, 0.3) is 0 Å². The van der Waals surface area contributed by atoms with Gasteiger partial charge in [0.15, 0.2) is 0 Å². The first-order valence-corrected chi connectivity index (χ1v) is 15.0. The van der Waals surface area contributed by atoms with E-state index in [4.69, 9.17) is 0 Å². The van der Waals surface area contributed by atoms with Crippen LogP contribution in [0.3, 0.4) is 0 Å². The molecule has 0 bridgehead atoms. The Morgan fingerprint density at radius 1 is 0.605 bits per heavy atom. The lowest BCUT2D eigenvalue weighted by atomic mass is 9.80. The Kier molecular flexibility index (Phi) is 10.2. The minimum Gasteiger partial charge on any atom is -0.103 e. The van der Waals surface area contributed by atoms with Crippen molar-refractivity contribution in [1.82, 2.24) is 0 Å². The van der Waals surface area contributed by atoms with Crippen molar-refractivity contribution >= 4 is 12.2 Å². The molecule has 2 aromatic rings. The summed E-state index contributed by atoms with van der Waals surface area (Å²) in [6.07, 6.45) is 26.8. The number of benzene rings is 2. The molecule has 0 aromatic heterocycles. The van der Waals surface area contributed by atoms with Crippen LogP contribution in [0.2, 0.25) is 0 Å². The molecule has 0 aliphatic heterocycles. The van der Waals surface area contributed by atoms with E-state index in [1.807, 2.05) is 0 Å². The third kappa shape index (κ3) is 7.59. The van der Waals surface area contributed by atoms with E-state index in [1.165, 1.54) is 59.1 Å². The molecular formula is C38H48. The molecule has 0 radical (unpaired) electrons. The van der Waals surface area contributed by atoms with Crippen LogP contribution in [0.1, 0.15) is 79.3 Å². The number of aryl methyl sites for hydroxylation is 4. The topological polar surface area (TPSA) is 0 Å². The molecule has 5 unspecified atom stereocenters. The summed E-state index contributed by atoms with van der Waals surface area (Å²) in [6.45, 7) is 17.1. The molecule has 0 spiro atoms. The lowest BCUT2D eigenvalue weighted by Crippen LogP contribution is -2.14. The maximum atomic E-state index is 4.29. The van der Waals surface area contributed by atoms with Gasteiger partial charge in [-0.3, -0.25) is 0 Å².